The van der Waals surface area contributed by atoms with Gasteiger partial charge in [-0.15, -0.1) is 0 Å². The zero-order valence-electron chi connectivity index (χ0n) is 17.7. The lowest BCUT2D eigenvalue weighted by molar-refractivity contribution is -0.385. The molecule has 0 unspecified atom stereocenters. The molecule has 2 aromatic carbocycles. The van der Waals surface area contributed by atoms with Crippen LogP contribution < -0.4 is 9.46 Å². The number of nitro benzene ring substituents is 1. The fraction of sp³-hybridized carbons (Fsp3) is 0.368. The molecule has 2 aromatic rings. The van der Waals surface area contributed by atoms with E-state index in [0.29, 0.717) is 5.56 Å². The van der Waals surface area contributed by atoms with E-state index >= 15 is 0 Å². The van der Waals surface area contributed by atoms with Crippen molar-refractivity contribution < 1.29 is 26.5 Å². The summed E-state index contributed by atoms with van der Waals surface area (Å²) >= 11 is 0. The molecule has 0 atom stereocenters. The van der Waals surface area contributed by atoms with Gasteiger partial charge in [0.1, 0.15) is 5.75 Å². The highest BCUT2D eigenvalue weighted by molar-refractivity contribution is 7.92. The molecule has 31 heavy (non-hydrogen) atoms. The summed E-state index contributed by atoms with van der Waals surface area (Å²) in [5.74, 6) is 0.132. The van der Waals surface area contributed by atoms with Crippen molar-refractivity contribution in [2.24, 2.45) is 0 Å². The molecule has 0 bridgehead atoms. The number of nitro groups is 1. The van der Waals surface area contributed by atoms with Crippen LogP contribution >= 0.6 is 0 Å². The van der Waals surface area contributed by atoms with E-state index in [-0.39, 0.29) is 46.6 Å². The van der Waals surface area contributed by atoms with Gasteiger partial charge in [0.2, 0.25) is 10.0 Å². The Labute approximate surface area is 182 Å². The second kappa shape index (κ2) is 9.62. The van der Waals surface area contributed by atoms with E-state index in [2.05, 4.69) is 4.72 Å². The average molecular weight is 472 g/mol. The molecule has 0 aromatic heterocycles. The molecule has 0 fully saturated rings. The molecule has 170 valence electrons. The molecule has 0 amide bonds. The van der Waals surface area contributed by atoms with Crippen LogP contribution in [0.1, 0.15) is 26.3 Å². The third-order valence-electron chi connectivity index (χ3n) is 4.51. The largest absolute Gasteiger partial charge is 0.492 e. The van der Waals surface area contributed by atoms with Crippen molar-refractivity contribution in [3.05, 3.63) is 52.1 Å². The molecule has 1 N–H and O–H groups in total. The SMILES string of the molecule is CCOc1ccc(S(=O)(=O)N(CC)CC)cc1NS(=O)(=O)c1cc([N+](=O)[O-])ccc1C. The molecule has 0 spiro atoms. The lowest BCUT2D eigenvalue weighted by Gasteiger charge is -2.20. The molecule has 0 radical (unpaired) electrons. The summed E-state index contributed by atoms with van der Waals surface area (Å²) in [5, 5.41) is 11.1. The molecular formula is C19H25N3O7S2. The molecule has 0 aliphatic heterocycles. The highest BCUT2D eigenvalue weighted by atomic mass is 32.2. The Balaban J connectivity index is 2.59. The Morgan fingerprint density at radius 1 is 1.03 bits per heavy atom. The van der Waals surface area contributed by atoms with Crippen molar-refractivity contribution in [1.82, 2.24) is 4.31 Å². The van der Waals surface area contributed by atoms with Gasteiger partial charge in [0.25, 0.3) is 15.7 Å². The first-order valence-electron chi connectivity index (χ1n) is 9.52. The monoisotopic (exact) mass is 471 g/mol. The highest BCUT2D eigenvalue weighted by Gasteiger charge is 2.26. The van der Waals surface area contributed by atoms with Crippen LogP contribution in [0.4, 0.5) is 11.4 Å². The average Bonchev–Trinajstić information content (AvgIpc) is 2.69. The number of nitrogens with zero attached hydrogens (tertiary/aromatic N) is 2. The molecule has 0 saturated heterocycles. The number of ether oxygens (including phenoxy) is 1. The maximum Gasteiger partial charge on any atom is 0.270 e. The zero-order valence-corrected chi connectivity index (χ0v) is 19.3. The van der Waals surface area contributed by atoms with E-state index in [1.54, 1.807) is 20.8 Å². The predicted molar refractivity (Wildman–Crippen MR) is 116 cm³/mol. The quantitative estimate of drug-likeness (QED) is 0.415. The summed E-state index contributed by atoms with van der Waals surface area (Å²) in [7, 11) is -8.13. The van der Waals surface area contributed by atoms with Crippen LogP contribution in [0.5, 0.6) is 5.75 Å². The van der Waals surface area contributed by atoms with Crippen LogP contribution in [0, 0.1) is 17.0 Å². The summed E-state index contributed by atoms with van der Waals surface area (Å²) in [5.41, 5.74) is -0.169. The Hall–Kier alpha value is -2.70. The third kappa shape index (κ3) is 5.32. The lowest BCUT2D eigenvalue weighted by atomic mass is 10.2. The number of hydrogen-bond donors (Lipinski definition) is 1. The molecule has 12 heteroatoms. The number of rotatable bonds is 10. The van der Waals surface area contributed by atoms with Gasteiger partial charge in [0, 0.05) is 25.2 Å². The normalized spacial score (nSPS) is 12.0. The van der Waals surface area contributed by atoms with Gasteiger partial charge >= 0.3 is 0 Å². The van der Waals surface area contributed by atoms with Gasteiger partial charge in [0.05, 0.1) is 27.0 Å². The van der Waals surface area contributed by atoms with E-state index in [9.17, 15) is 26.9 Å². The van der Waals surface area contributed by atoms with E-state index in [4.69, 9.17) is 4.74 Å². The Morgan fingerprint density at radius 3 is 2.23 bits per heavy atom. The second-order valence-electron chi connectivity index (χ2n) is 6.49. The lowest BCUT2D eigenvalue weighted by Crippen LogP contribution is -2.30. The van der Waals surface area contributed by atoms with Crippen LogP contribution in [0.2, 0.25) is 0 Å². The fourth-order valence-corrected chi connectivity index (χ4v) is 5.75. The third-order valence-corrected chi connectivity index (χ3v) is 8.06. The predicted octanol–water partition coefficient (Wildman–Crippen LogP) is 3.13. The van der Waals surface area contributed by atoms with Gasteiger partial charge in [-0.3, -0.25) is 14.8 Å². The first kappa shape index (κ1) is 24.6. The zero-order chi connectivity index (χ0) is 23.4. The molecule has 0 aliphatic carbocycles. The molecular weight excluding hydrogens is 446 g/mol. The summed E-state index contributed by atoms with van der Waals surface area (Å²) in [4.78, 5) is 9.98. The first-order valence-corrected chi connectivity index (χ1v) is 12.4. The fourth-order valence-electron chi connectivity index (χ4n) is 2.93. The van der Waals surface area contributed by atoms with Crippen molar-refractivity contribution in [1.29, 1.82) is 0 Å². The summed E-state index contributed by atoms with van der Waals surface area (Å²) < 4.78 is 60.8. The van der Waals surface area contributed by atoms with Gasteiger partial charge in [-0.05, 0) is 37.6 Å². The summed E-state index contributed by atoms with van der Waals surface area (Å²) in [6, 6.07) is 7.39. The molecule has 2 rings (SSSR count). The van der Waals surface area contributed by atoms with Crippen LogP contribution in [-0.4, -0.2) is 45.8 Å². The first-order chi connectivity index (χ1) is 14.5. The molecule has 0 saturated carbocycles. The van der Waals surface area contributed by atoms with Gasteiger partial charge in [-0.2, -0.15) is 4.31 Å². The van der Waals surface area contributed by atoms with Crippen LogP contribution in [-0.2, 0) is 20.0 Å². The van der Waals surface area contributed by atoms with E-state index in [0.717, 1.165) is 6.07 Å². The molecule has 0 heterocycles. The minimum absolute atomic E-state index is 0.0824. The van der Waals surface area contributed by atoms with E-state index < -0.39 is 25.0 Å². The molecule has 0 aliphatic rings. The number of benzene rings is 2. The van der Waals surface area contributed by atoms with Gasteiger partial charge in [-0.25, -0.2) is 16.8 Å². The standard InChI is InChI=1S/C19H25N3O7S2/c1-5-21(6-2)31(27,28)16-10-11-18(29-7-3)17(13-16)20-30(25,26)19-12-15(22(23)24)9-8-14(19)4/h8-13,20H,5-7H2,1-4H3. The minimum Gasteiger partial charge on any atom is -0.492 e. The number of hydrogen-bond acceptors (Lipinski definition) is 7. The van der Waals surface area contributed by atoms with Crippen LogP contribution in [0.3, 0.4) is 0 Å². The van der Waals surface area contributed by atoms with Crippen molar-refractivity contribution in [2.45, 2.75) is 37.5 Å². The maximum atomic E-state index is 13.0. The Morgan fingerprint density at radius 2 is 1.68 bits per heavy atom. The van der Waals surface area contributed by atoms with E-state index in [1.165, 1.54) is 41.6 Å². The number of aryl methyl sites for hydroxylation is 1. The Kier molecular flexibility index (Phi) is 7.63. The van der Waals surface area contributed by atoms with Crippen LogP contribution in [0.15, 0.2) is 46.2 Å². The number of anilines is 1. The smallest absolute Gasteiger partial charge is 0.270 e. The van der Waals surface area contributed by atoms with Gasteiger partial charge in [-0.1, -0.05) is 19.9 Å². The molecule has 10 nitrogen and oxygen atoms in total. The highest BCUT2D eigenvalue weighted by Crippen LogP contribution is 2.32. The Bertz CT molecular complexity index is 1170. The maximum absolute atomic E-state index is 13.0. The number of sulfonamides is 2. The summed E-state index contributed by atoms with van der Waals surface area (Å²) in [6.45, 7) is 7.31. The minimum atomic E-state index is -4.28. The van der Waals surface area contributed by atoms with Crippen LogP contribution in [0.25, 0.3) is 0 Å². The number of non-ortho nitro benzene ring substituents is 1. The topological polar surface area (TPSA) is 136 Å². The van der Waals surface area contributed by atoms with E-state index in [1.807, 2.05) is 0 Å². The van der Waals surface area contributed by atoms with Crippen molar-refractivity contribution in [2.75, 3.05) is 24.4 Å². The van der Waals surface area contributed by atoms with Gasteiger partial charge in [0.15, 0.2) is 0 Å². The second-order valence-corrected chi connectivity index (χ2v) is 10.1. The van der Waals surface area contributed by atoms with Crippen molar-refractivity contribution in [3.63, 3.8) is 0 Å². The van der Waals surface area contributed by atoms with Crippen molar-refractivity contribution in [3.8, 4) is 5.75 Å². The van der Waals surface area contributed by atoms with Crippen molar-refractivity contribution >= 4 is 31.4 Å². The number of nitrogens with one attached hydrogen (secondary N) is 1. The summed E-state index contributed by atoms with van der Waals surface area (Å²) in [6.07, 6.45) is 0. The van der Waals surface area contributed by atoms with Gasteiger partial charge < -0.3 is 4.74 Å².